The number of nitrogens with two attached hydrogens (primary N) is 1. The summed E-state index contributed by atoms with van der Waals surface area (Å²) in [5.74, 6) is 0.115. The molecular weight excluding hydrogens is 226 g/mol. The highest BCUT2D eigenvalue weighted by molar-refractivity contribution is 5.60. The first-order valence-electron chi connectivity index (χ1n) is 5.00. The molecule has 0 radical (unpaired) electrons. The van der Waals surface area contributed by atoms with E-state index in [2.05, 4.69) is 15.3 Å². The van der Waals surface area contributed by atoms with Crippen molar-refractivity contribution in [3.63, 3.8) is 0 Å². The molecule has 0 saturated heterocycles. The number of anilines is 2. The van der Waals surface area contributed by atoms with Crippen molar-refractivity contribution in [2.75, 3.05) is 24.7 Å². The van der Waals surface area contributed by atoms with Gasteiger partial charge in [0.2, 0.25) is 11.8 Å². The number of aromatic nitrogens is 2. The Morgan fingerprint density at radius 3 is 2.76 bits per heavy atom. The molecule has 0 bridgehead atoms. The molecule has 8 heteroatoms. The number of nitrogen functional groups attached to an aromatic ring is 1. The van der Waals surface area contributed by atoms with Crippen LogP contribution >= 0.6 is 0 Å². The maximum absolute atomic E-state index is 10.9. The Hall–Kier alpha value is -1.96. The van der Waals surface area contributed by atoms with E-state index in [1.54, 1.807) is 7.11 Å². The van der Waals surface area contributed by atoms with Crippen molar-refractivity contribution in [1.82, 2.24) is 9.97 Å². The van der Waals surface area contributed by atoms with E-state index in [-0.39, 0.29) is 29.3 Å². The summed E-state index contributed by atoms with van der Waals surface area (Å²) in [6.07, 6.45) is -0.0916. The van der Waals surface area contributed by atoms with E-state index in [9.17, 15) is 10.1 Å². The van der Waals surface area contributed by atoms with Crippen LogP contribution in [0, 0.1) is 17.0 Å². The normalized spacial score (nSPS) is 12.2. The molecule has 0 saturated carbocycles. The van der Waals surface area contributed by atoms with E-state index >= 15 is 0 Å². The molecule has 0 amide bonds. The fourth-order valence-electron chi connectivity index (χ4n) is 1.25. The predicted molar refractivity (Wildman–Crippen MR) is 62.8 cm³/mol. The second-order valence-electron chi connectivity index (χ2n) is 3.55. The maximum Gasteiger partial charge on any atom is 0.332 e. The summed E-state index contributed by atoms with van der Waals surface area (Å²) in [6.45, 7) is 3.74. The third-order valence-corrected chi connectivity index (χ3v) is 2.22. The Morgan fingerprint density at radius 2 is 2.24 bits per heavy atom. The molecule has 1 heterocycles. The van der Waals surface area contributed by atoms with Gasteiger partial charge in [0.05, 0.1) is 11.0 Å². The van der Waals surface area contributed by atoms with Crippen molar-refractivity contribution in [2.24, 2.45) is 0 Å². The lowest BCUT2D eigenvalue weighted by Crippen LogP contribution is -2.20. The average molecular weight is 241 g/mol. The number of nitrogens with one attached hydrogen (secondary N) is 1. The second-order valence-corrected chi connectivity index (χ2v) is 3.55. The highest BCUT2D eigenvalue weighted by Crippen LogP contribution is 2.25. The van der Waals surface area contributed by atoms with Gasteiger partial charge in [0, 0.05) is 13.7 Å². The Morgan fingerprint density at radius 1 is 1.59 bits per heavy atom. The zero-order valence-electron chi connectivity index (χ0n) is 9.93. The Balaban J connectivity index is 3.00. The molecule has 0 aliphatic heterocycles. The van der Waals surface area contributed by atoms with Crippen LogP contribution < -0.4 is 11.1 Å². The predicted octanol–water partition coefficient (Wildman–Crippen LogP) is 0.722. The molecule has 94 valence electrons. The van der Waals surface area contributed by atoms with Crippen LogP contribution in [0.3, 0.4) is 0 Å². The number of aryl methyl sites for hydroxylation is 1. The third kappa shape index (κ3) is 3.25. The molecule has 0 aliphatic carbocycles. The Kier molecular flexibility index (Phi) is 4.16. The number of methoxy groups -OCH3 is 1. The van der Waals surface area contributed by atoms with Crippen molar-refractivity contribution in [3.05, 3.63) is 15.8 Å². The van der Waals surface area contributed by atoms with Crippen LogP contribution in [0.1, 0.15) is 12.6 Å². The molecule has 17 heavy (non-hydrogen) atoms. The minimum Gasteiger partial charge on any atom is -0.380 e. The largest absolute Gasteiger partial charge is 0.380 e. The zero-order valence-corrected chi connectivity index (χ0v) is 9.93. The van der Waals surface area contributed by atoms with Crippen LogP contribution in [0.15, 0.2) is 0 Å². The summed E-state index contributed by atoms with van der Waals surface area (Å²) >= 11 is 0. The molecule has 0 spiro atoms. The van der Waals surface area contributed by atoms with Gasteiger partial charge in [0.1, 0.15) is 5.69 Å². The molecule has 0 aromatic carbocycles. The first-order chi connectivity index (χ1) is 7.95. The number of ether oxygens (including phenoxy) is 1. The molecule has 3 N–H and O–H groups in total. The van der Waals surface area contributed by atoms with Gasteiger partial charge in [-0.25, -0.2) is 4.98 Å². The van der Waals surface area contributed by atoms with Crippen molar-refractivity contribution in [2.45, 2.75) is 20.0 Å². The van der Waals surface area contributed by atoms with Crippen molar-refractivity contribution >= 4 is 17.5 Å². The Bertz CT molecular complexity index is 423. The van der Waals surface area contributed by atoms with E-state index in [1.165, 1.54) is 6.92 Å². The van der Waals surface area contributed by atoms with Crippen LogP contribution in [0.25, 0.3) is 0 Å². The number of hydrogen-bond donors (Lipinski definition) is 2. The summed E-state index contributed by atoms with van der Waals surface area (Å²) < 4.78 is 5.03. The first kappa shape index (κ1) is 13.1. The number of nitrogens with zero attached hydrogens (tertiary/aromatic N) is 3. The van der Waals surface area contributed by atoms with Gasteiger partial charge in [-0.05, 0) is 13.8 Å². The minimum absolute atomic E-state index is 0.000620. The van der Waals surface area contributed by atoms with Crippen LogP contribution in [-0.4, -0.2) is 34.6 Å². The van der Waals surface area contributed by atoms with Gasteiger partial charge in [0.15, 0.2) is 0 Å². The standard InChI is InChI=1S/C9H15N5O3/c1-5(17-3)4-11-8-7(14(15)16)6(2)12-9(10)13-8/h5H,4H2,1-3H3,(H3,10,11,12,13). The quantitative estimate of drug-likeness (QED) is 0.576. The topological polar surface area (TPSA) is 116 Å². The van der Waals surface area contributed by atoms with E-state index in [0.717, 1.165) is 0 Å². The van der Waals surface area contributed by atoms with Crippen LogP contribution in [0.4, 0.5) is 17.5 Å². The van der Waals surface area contributed by atoms with Crippen molar-refractivity contribution in [1.29, 1.82) is 0 Å². The maximum atomic E-state index is 10.9. The molecule has 1 atom stereocenters. The molecule has 1 unspecified atom stereocenters. The lowest BCUT2D eigenvalue weighted by Gasteiger charge is -2.12. The summed E-state index contributed by atoms with van der Waals surface area (Å²) in [4.78, 5) is 17.9. The number of hydrogen-bond acceptors (Lipinski definition) is 7. The minimum atomic E-state index is -0.533. The Labute approximate surface area is 98.4 Å². The fraction of sp³-hybridized carbons (Fsp3) is 0.556. The van der Waals surface area contributed by atoms with Gasteiger partial charge in [-0.15, -0.1) is 0 Å². The first-order valence-corrected chi connectivity index (χ1v) is 5.00. The zero-order chi connectivity index (χ0) is 13.0. The summed E-state index contributed by atoms with van der Waals surface area (Å²) in [7, 11) is 1.56. The smallest absolute Gasteiger partial charge is 0.332 e. The van der Waals surface area contributed by atoms with E-state index < -0.39 is 4.92 Å². The lowest BCUT2D eigenvalue weighted by atomic mass is 10.3. The monoisotopic (exact) mass is 241 g/mol. The highest BCUT2D eigenvalue weighted by atomic mass is 16.6. The van der Waals surface area contributed by atoms with Gasteiger partial charge in [-0.3, -0.25) is 10.1 Å². The average Bonchev–Trinajstić information content (AvgIpc) is 2.24. The molecule has 0 aliphatic rings. The highest BCUT2D eigenvalue weighted by Gasteiger charge is 2.21. The molecule has 0 fully saturated rings. The SMILES string of the molecule is COC(C)CNc1nc(N)nc(C)c1[N+](=O)[O-]. The number of rotatable bonds is 5. The van der Waals surface area contributed by atoms with Crippen LogP contribution in [0.2, 0.25) is 0 Å². The van der Waals surface area contributed by atoms with Gasteiger partial charge in [-0.1, -0.05) is 0 Å². The molecule has 1 aromatic heterocycles. The summed E-state index contributed by atoms with van der Waals surface area (Å²) in [5, 5.41) is 13.7. The molecular formula is C9H15N5O3. The number of nitro groups is 1. The van der Waals surface area contributed by atoms with Crippen molar-refractivity contribution in [3.8, 4) is 0 Å². The molecule has 8 nitrogen and oxygen atoms in total. The third-order valence-electron chi connectivity index (χ3n) is 2.22. The van der Waals surface area contributed by atoms with Gasteiger partial charge in [-0.2, -0.15) is 4.98 Å². The molecule has 1 aromatic rings. The summed E-state index contributed by atoms with van der Waals surface area (Å²) in [5.41, 5.74) is 5.52. The van der Waals surface area contributed by atoms with Gasteiger partial charge >= 0.3 is 5.69 Å². The molecule has 1 rings (SSSR count). The fourth-order valence-corrected chi connectivity index (χ4v) is 1.25. The second kappa shape index (κ2) is 5.39. The van der Waals surface area contributed by atoms with Crippen molar-refractivity contribution < 1.29 is 9.66 Å². The van der Waals surface area contributed by atoms with Crippen LogP contribution in [0.5, 0.6) is 0 Å². The van der Waals surface area contributed by atoms with E-state index in [0.29, 0.717) is 6.54 Å². The summed E-state index contributed by atoms with van der Waals surface area (Å²) in [6, 6.07) is 0. The van der Waals surface area contributed by atoms with E-state index in [1.807, 2.05) is 6.92 Å². The van der Waals surface area contributed by atoms with Crippen LogP contribution in [-0.2, 0) is 4.74 Å². The lowest BCUT2D eigenvalue weighted by molar-refractivity contribution is -0.385. The van der Waals surface area contributed by atoms with Gasteiger partial charge < -0.3 is 15.8 Å². The van der Waals surface area contributed by atoms with Gasteiger partial charge in [0.25, 0.3) is 0 Å². The van der Waals surface area contributed by atoms with E-state index in [4.69, 9.17) is 10.5 Å².